The minimum absolute atomic E-state index is 0.0202. The Morgan fingerprint density at radius 3 is 2.42 bits per heavy atom. The molecule has 102 valence electrons. The fourth-order valence-electron chi connectivity index (χ4n) is 1.80. The van der Waals surface area contributed by atoms with Crippen LogP contribution >= 0.6 is 0 Å². The molecule has 0 fully saturated rings. The molecular formula is C16H21NO2. The number of unbranched alkanes of at least 4 members (excludes halogenated alkanes) is 1. The molecule has 1 amide bonds. The summed E-state index contributed by atoms with van der Waals surface area (Å²) in [5.74, 6) is 0.0616. The van der Waals surface area contributed by atoms with Crippen LogP contribution in [0.3, 0.4) is 0 Å². The Kier molecular flexibility index (Phi) is 6.58. The predicted octanol–water partition coefficient (Wildman–Crippen LogP) is 2.90. The lowest BCUT2D eigenvalue weighted by molar-refractivity contribution is -0.118. The molecule has 0 atom stereocenters. The normalized spacial score (nSPS) is 10.6. The first-order valence-corrected chi connectivity index (χ1v) is 6.64. The first kappa shape index (κ1) is 15.2. The summed E-state index contributed by atoms with van der Waals surface area (Å²) >= 11 is 0. The Labute approximate surface area is 114 Å². The molecule has 1 rings (SSSR count). The number of carbonyl (C=O) groups excluding carboxylic acids is 2. The molecule has 0 radical (unpaired) electrons. The molecule has 0 unspecified atom stereocenters. The van der Waals surface area contributed by atoms with Gasteiger partial charge in [0.05, 0.1) is 0 Å². The molecule has 0 aliphatic carbocycles. The molecular weight excluding hydrogens is 238 g/mol. The van der Waals surface area contributed by atoms with Gasteiger partial charge >= 0.3 is 0 Å². The third-order valence-corrected chi connectivity index (χ3v) is 2.82. The van der Waals surface area contributed by atoms with Gasteiger partial charge < -0.3 is 5.32 Å². The molecule has 0 bridgehead atoms. The summed E-state index contributed by atoms with van der Waals surface area (Å²) in [6.45, 7) is 4.09. The number of aryl methyl sites for hydroxylation is 1. The number of hydrogen-bond donors (Lipinski definition) is 1. The fraction of sp³-hybridized carbons (Fsp3) is 0.375. The quantitative estimate of drug-likeness (QED) is 0.465. The van der Waals surface area contributed by atoms with Crippen molar-refractivity contribution in [1.29, 1.82) is 0 Å². The van der Waals surface area contributed by atoms with Gasteiger partial charge in [-0.05, 0) is 37.8 Å². The van der Waals surface area contributed by atoms with Gasteiger partial charge in [-0.25, -0.2) is 0 Å². The van der Waals surface area contributed by atoms with Crippen molar-refractivity contribution in [2.45, 2.75) is 33.1 Å². The number of nitrogens with one attached hydrogen (secondary N) is 1. The van der Waals surface area contributed by atoms with Crippen LogP contribution in [0, 0.1) is 0 Å². The van der Waals surface area contributed by atoms with E-state index in [1.54, 1.807) is 12.2 Å². The summed E-state index contributed by atoms with van der Waals surface area (Å²) in [5.41, 5.74) is 1.94. The summed E-state index contributed by atoms with van der Waals surface area (Å²) in [4.78, 5) is 22.3. The van der Waals surface area contributed by atoms with Crippen molar-refractivity contribution >= 4 is 11.7 Å². The zero-order valence-corrected chi connectivity index (χ0v) is 11.6. The van der Waals surface area contributed by atoms with Crippen molar-refractivity contribution in [3.63, 3.8) is 0 Å². The predicted molar refractivity (Wildman–Crippen MR) is 77.2 cm³/mol. The third kappa shape index (κ3) is 6.00. The number of ketones is 1. The van der Waals surface area contributed by atoms with Crippen LogP contribution in [0.2, 0.25) is 0 Å². The van der Waals surface area contributed by atoms with Crippen molar-refractivity contribution in [1.82, 2.24) is 5.32 Å². The summed E-state index contributed by atoms with van der Waals surface area (Å²) < 4.78 is 0. The Morgan fingerprint density at radius 1 is 1.16 bits per heavy atom. The highest BCUT2D eigenvalue weighted by atomic mass is 16.1. The van der Waals surface area contributed by atoms with Gasteiger partial charge in [0.2, 0.25) is 5.91 Å². The van der Waals surface area contributed by atoms with Crippen LogP contribution in [0.5, 0.6) is 0 Å². The smallest absolute Gasteiger partial charge is 0.216 e. The lowest BCUT2D eigenvalue weighted by Crippen LogP contribution is -2.20. The molecule has 1 aromatic rings. The summed E-state index contributed by atoms with van der Waals surface area (Å²) in [7, 11) is 0. The van der Waals surface area contributed by atoms with Gasteiger partial charge in [-0.1, -0.05) is 30.3 Å². The Morgan fingerprint density at radius 2 is 1.84 bits per heavy atom. The maximum absolute atomic E-state index is 11.6. The van der Waals surface area contributed by atoms with Crippen molar-refractivity contribution in [3.05, 3.63) is 47.5 Å². The molecule has 0 spiro atoms. The number of allylic oxidation sites excluding steroid dienone is 2. The lowest BCUT2D eigenvalue weighted by atomic mass is 10.0. The summed E-state index contributed by atoms with van der Waals surface area (Å²) in [6, 6.07) is 7.72. The number of rotatable bonds is 7. The molecule has 1 aromatic carbocycles. The van der Waals surface area contributed by atoms with Gasteiger partial charge in [0.15, 0.2) is 5.78 Å². The van der Waals surface area contributed by atoms with Crippen molar-refractivity contribution in [2.75, 3.05) is 6.54 Å². The average molecular weight is 259 g/mol. The van der Waals surface area contributed by atoms with Crippen LogP contribution in [0.4, 0.5) is 0 Å². The second-order valence-electron chi connectivity index (χ2n) is 4.50. The van der Waals surface area contributed by atoms with Gasteiger partial charge in [-0.15, -0.1) is 0 Å². The second kappa shape index (κ2) is 8.25. The highest BCUT2D eigenvalue weighted by Gasteiger charge is 2.01. The molecule has 0 saturated carbocycles. The number of carbonyl (C=O) groups is 2. The fourth-order valence-corrected chi connectivity index (χ4v) is 1.80. The van der Waals surface area contributed by atoms with Gasteiger partial charge in [-0.3, -0.25) is 9.59 Å². The standard InChI is InChI=1S/C16H21NO2/c1-3-6-16(19)15-10-8-14(9-11-15)7-4-5-12-17-13(2)18/h3,6,8-11H,4-5,7,12H2,1-2H3,(H,17,18). The second-order valence-corrected chi connectivity index (χ2v) is 4.50. The lowest BCUT2D eigenvalue weighted by Gasteiger charge is -2.04. The molecule has 0 heterocycles. The Bertz CT molecular complexity index is 446. The van der Waals surface area contributed by atoms with E-state index in [2.05, 4.69) is 5.32 Å². The Hall–Kier alpha value is -1.90. The van der Waals surface area contributed by atoms with Crippen molar-refractivity contribution in [2.24, 2.45) is 0 Å². The first-order valence-electron chi connectivity index (χ1n) is 6.64. The van der Waals surface area contributed by atoms with E-state index in [1.165, 1.54) is 12.5 Å². The van der Waals surface area contributed by atoms with Gasteiger partial charge in [0.1, 0.15) is 0 Å². The van der Waals surface area contributed by atoms with Crippen LogP contribution < -0.4 is 5.32 Å². The monoisotopic (exact) mass is 259 g/mol. The molecule has 0 aliphatic rings. The maximum Gasteiger partial charge on any atom is 0.216 e. The zero-order valence-electron chi connectivity index (χ0n) is 11.6. The van der Waals surface area contributed by atoms with Crippen molar-refractivity contribution < 1.29 is 9.59 Å². The molecule has 19 heavy (non-hydrogen) atoms. The topological polar surface area (TPSA) is 46.2 Å². The minimum atomic E-state index is 0.0202. The van der Waals surface area contributed by atoms with E-state index in [0.717, 1.165) is 31.4 Å². The molecule has 0 aromatic heterocycles. The summed E-state index contributed by atoms with van der Waals surface area (Å²) in [6.07, 6.45) is 6.29. The molecule has 0 aliphatic heterocycles. The Balaban J connectivity index is 2.36. The number of benzene rings is 1. The van der Waals surface area contributed by atoms with E-state index in [4.69, 9.17) is 0 Å². The number of hydrogen-bond acceptors (Lipinski definition) is 2. The minimum Gasteiger partial charge on any atom is -0.356 e. The van der Waals surface area contributed by atoms with E-state index in [0.29, 0.717) is 0 Å². The van der Waals surface area contributed by atoms with Crippen LogP contribution in [-0.4, -0.2) is 18.2 Å². The van der Waals surface area contributed by atoms with E-state index in [9.17, 15) is 9.59 Å². The van der Waals surface area contributed by atoms with E-state index in [-0.39, 0.29) is 11.7 Å². The van der Waals surface area contributed by atoms with E-state index in [1.807, 2.05) is 31.2 Å². The molecule has 0 saturated heterocycles. The largest absolute Gasteiger partial charge is 0.356 e. The maximum atomic E-state index is 11.6. The van der Waals surface area contributed by atoms with Crippen LogP contribution in [-0.2, 0) is 11.2 Å². The van der Waals surface area contributed by atoms with E-state index < -0.39 is 0 Å². The molecule has 3 nitrogen and oxygen atoms in total. The highest BCUT2D eigenvalue weighted by molar-refractivity contribution is 6.04. The number of amides is 1. The van der Waals surface area contributed by atoms with Crippen LogP contribution in [0.15, 0.2) is 36.4 Å². The van der Waals surface area contributed by atoms with Gasteiger partial charge in [0.25, 0.3) is 0 Å². The van der Waals surface area contributed by atoms with E-state index >= 15 is 0 Å². The van der Waals surface area contributed by atoms with Crippen LogP contribution in [0.1, 0.15) is 42.6 Å². The molecule has 3 heteroatoms. The zero-order chi connectivity index (χ0) is 14.1. The van der Waals surface area contributed by atoms with Crippen LogP contribution in [0.25, 0.3) is 0 Å². The summed E-state index contributed by atoms with van der Waals surface area (Å²) in [5, 5.41) is 2.78. The van der Waals surface area contributed by atoms with Gasteiger partial charge in [0, 0.05) is 19.0 Å². The van der Waals surface area contributed by atoms with Gasteiger partial charge in [-0.2, -0.15) is 0 Å². The van der Waals surface area contributed by atoms with Crippen molar-refractivity contribution in [3.8, 4) is 0 Å². The first-order chi connectivity index (χ1) is 9.13. The highest BCUT2D eigenvalue weighted by Crippen LogP contribution is 2.09. The third-order valence-electron chi connectivity index (χ3n) is 2.82. The molecule has 1 N–H and O–H groups in total. The SMILES string of the molecule is CC=CC(=O)c1ccc(CCCCNC(C)=O)cc1. The average Bonchev–Trinajstić information content (AvgIpc) is 2.39.